The van der Waals surface area contributed by atoms with Gasteiger partial charge in [0.2, 0.25) is 0 Å². The Morgan fingerprint density at radius 3 is 2.06 bits per heavy atom. The van der Waals surface area contributed by atoms with Crippen molar-refractivity contribution in [3.8, 4) is 11.4 Å². The fourth-order valence-electron chi connectivity index (χ4n) is 5.14. The minimum absolute atomic E-state index is 0.0198. The van der Waals surface area contributed by atoms with Crippen molar-refractivity contribution in [1.82, 2.24) is 24.7 Å². The summed E-state index contributed by atoms with van der Waals surface area (Å²) in [5.74, 6) is 0.255. The van der Waals surface area contributed by atoms with E-state index >= 15 is 0 Å². The molecule has 3 fully saturated rings. The lowest BCUT2D eigenvalue weighted by Crippen LogP contribution is -2.49. The Hall–Kier alpha value is -3.53. The second kappa shape index (κ2) is 10.2. The number of aromatic nitrogens is 2. The number of β-amino-alcohol motifs (C(OH)–C–C–N with tert-alkyl or cyclic N) is 1. The normalized spacial score (nSPS) is 20.8. The Bertz CT molecular complexity index is 1110. The van der Waals surface area contributed by atoms with Gasteiger partial charge in [0.15, 0.2) is 5.82 Å². The van der Waals surface area contributed by atoms with E-state index in [0.717, 1.165) is 31.2 Å². The van der Waals surface area contributed by atoms with Gasteiger partial charge >= 0.3 is 6.09 Å². The molecule has 3 amide bonds. The number of aliphatic hydroxyl groups excluding tert-OH is 1. The number of aliphatic hydroxyl groups is 1. The molecule has 1 saturated carbocycles. The van der Waals surface area contributed by atoms with Gasteiger partial charge in [0, 0.05) is 61.8 Å². The number of amides is 3. The quantitative estimate of drug-likeness (QED) is 0.655. The molecule has 1 atom stereocenters. The number of hydrogen-bond donors (Lipinski definition) is 2. The van der Waals surface area contributed by atoms with Crippen molar-refractivity contribution in [3.63, 3.8) is 0 Å². The lowest BCUT2D eigenvalue weighted by Gasteiger charge is -2.37. The molecule has 0 bridgehead atoms. The van der Waals surface area contributed by atoms with Crippen molar-refractivity contribution in [2.75, 3.05) is 26.2 Å². The van der Waals surface area contributed by atoms with Crippen LogP contribution in [0, 0.1) is 0 Å². The molecule has 2 aromatic rings. The third-order valence-corrected chi connectivity index (χ3v) is 7.28. The number of rotatable bonds is 5. The Morgan fingerprint density at radius 2 is 1.47 bits per heavy atom. The maximum Gasteiger partial charge on any atom is 0.407 e. The van der Waals surface area contributed by atoms with Crippen molar-refractivity contribution in [3.05, 3.63) is 47.8 Å². The highest BCUT2D eigenvalue weighted by Crippen LogP contribution is 2.33. The van der Waals surface area contributed by atoms with Crippen LogP contribution in [0.15, 0.2) is 36.7 Å². The molecule has 10 heteroatoms. The van der Waals surface area contributed by atoms with Gasteiger partial charge in [-0.3, -0.25) is 9.59 Å². The van der Waals surface area contributed by atoms with Crippen molar-refractivity contribution < 1.29 is 24.6 Å². The second-order valence-corrected chi connectivity index (χ2v) is 9.86. The zero-order valence-electron chi connectivity index (χ0n) is 20.1. The van der Waals surface area contributed by atoms with Gasteiger partial charge in [-0.2, -0.15) is 0 Å². The smallest absolute Gasteiger partial charge is 0.407 e. The summed E-state index contributed by atoms with van der Waals surface area (Å²) in [6, 6.07) is 7.27. The van der Waals surface area contributed by atoms with Gasteiger partial charge in [0.05, 0.1) is 11.7 Å². The molecule has 5 rings (SSSR count). The third kappa shape index (κ3) is 5.18. The minimum atomic E-state index is -0.913. The topological polar surface area (TPSA) is 127 Å². The van der Waals surface area contributed by atoms with Crippen molar-refractivity contribution in [2.45, 2.75) is 56.7 Å². The van der Waals surface area contributed by atoms with Crippen LogP contribution < -0.4 is 0 Å². The van der Waals surface area contributed by atoms with E-state index in [0.29, 0.717) is 56.0 Å². The summed E-state index contributed by atoms with van der Waals surface area (Å²) in [6.07, 6.45) is 6.42. The second-order valence-electron chi connectivity index (χ2n) is 9.86. The standard InChI is InChI=1S/C26H31N5O5/c32-22-2-1-11-30(16-22)24(33)18-5-3-17(4-6-18)23-27-14-19(15-28-23)25(34)31(20-7-8-20)21-9-12-29(13-10-21)26(35)36/h3-6,14-15,20-22,32H,1-2,7-13,16H2,(H,35,36). The highest BCUT2D eigenvalue weighted by molar-refractivity contribution is 5.95. The van der Waals surface area contributed by atoms with Crippen molar-refractivity contribution >= 4 is 17.9 Å². The predicted molar refractivity (Wildman–Crippen MR) is 130 cm³/mol. The Balaban J connectivity index is 1.25. The van der Waals surface area contributed by atoms with Gasteiger partial charge in [-0.1, -0.05) is 12.1 Å². The first-order valence-electron chi connectivity index (χ1n) is 12.6. The van der Waals surface area contributed by atoms with Crippen LogP contribution in [0.25, 0.3) is 11.4 Å². The molecule has 1 aromatic carbocycles. The molecular weight excluding hydrogens is 462 g/mol. The molecule has 1 aliphatic carbocycles. The summed E-state index contributed by atoms with van der Waals surface area (Å²) in [5.41, 5.74) is 1.71. The van der Waals surface area contributed by atoms with Crippen LogP contribution in [0.1, 0.15) is 59.2 Å². The van der Waals surface area contributed by atoms with Gasteiger partial charge in [-0.25, -0.2) is 14.8 Å². The first kappa shape index (κ1) is 24.2. The number of nitrogens with zero attached hydrogens (tertiary/aromatic N) is 5. The highest BCUT2D eigenvalue weighted by atomic mass is 16.4. The maximum absolute atomic E-state index is 13.3. The molecule has 190 valence electrons. The SMILES string of the molecule is O=C(O)N1CCC(N(C(=O)c2cnc(-c3ccc(C(=O)N4CCCC(O)C4)cc3)nc2)C2CC2)CC1. The number of hydrogen-bond acceptors (Lipinski definition) is 6. The number of benzene rings is 1. The monoisotopic (exact) mass is 493 g/mol. The van der Waals surface area contributed by atoms with E-state index < -0.39 is 12.2 Å². The zero-order valence-corrected chi connectivity index (χ0v) is 20.1. The number of likely N-dealkylation sites (tertiary alicyclic amines) is 2. The minimum Gasteiger partial charge on any atom is -0.465 e. The molecule has 0 spiro atoms. The maximum atomic E-state index is 13.3. The Kier molecular flexibility index (Phi) is 6.86. The molecule has 3 heterocycles. The number of piperidine rings is 2. The Labute approximate surface area is 209 Å². The van der Waals surface area contributed by atoms with Crippen LogP contribution in [0.2, 0.25) is 0 Å². The van der Waals surface area contributed by atoms with Gasteiger partial charge in [-0.05, 0) is 50.7 Å². The molecule has 2 saturated heterocycles. The van der Waals surface area contributed by atoms with Crippen LogP contribution in [-0.2, 0) is 0 Å². The molecule has 1 aromatic heterocycles. The number of carboxylic acid groups (broad SMARTS) is 1. The van der Waals surface area contributed by atoms with Crippen LogP contribution >= 0.6 is 0 Å². The summed E-state index contributed by atoms with van der Waals surface area (Å²) >= 11 is 0. The van der Waals surface area contributed by atoms with Gasteiger partial charge in [0.25, 0.3) is 11.8 Å². The molecule has 3 aliphatic rings. The summed E-state index contributed by atoms with van der Waals surface area (Å²) < 4.78 is 0. The number of carbonyl (C=O) groups is 3. The van der Waals surface area contributed by atoms with E-state index in [2.05, 4.69) is 9.97 Å². The average molecular weight is 494 g/mol. The van der Waals surface area contributed by atoms with E-state index in [1.807, 2.05) is 4.90 Å². The molecule has 2 aliphatic heterocycles. The van der Waals surface area contributed by atoms with Crippen LogP contribution in [0.5, 0.6) is 0 Å². The average Bonchev–Trinajstić information content (AvgIpc) is 3.74. The summed E-state index contributed by atoms with van der Waals surface area (Å²) in [5, 5.41) is 19.0. The highest BCUT2D eigenvalue weighted by Gasteiger charge is 2.39. The lowest BCUT2D eigenvalue weighted by atomic mass is 10.0. The van der Waals surface area contributed by atoms with Gasteiger partial charge in [0.1, 0.15) is 0 Å². The third-order valence-electron chi connectivity index (χ3n) is 7.28. The fraction of sp³-hybridized carbons (Fsp3) is 0.500. The molecule has 2 N–H and O–H groups in total. The van der Waals surface area contributed by atoms with E-state index in [-0.39, 0.29) is 23.9 Å². The van der Waals surface area contributed by atoms with Crippen molar-refractivity contribution in [2.24, 2.45) is 0 Å². The first-order chi connectivity index (χ1) is 17.4. The number of carbonyl (C=O) groups excluding carboxylic acids is 2. The molecular formula is C26H31N5O5. The van der Waals surface area contributed by atoms with Gasteiger partial charge in [-0.15, -0.1) is 0 Å². The zero-order chi connectivity index (χ0) is 25.2. The largest absolute Gasteiger partial charge is 0.465 e. The van der Waals surface area contributed by atoms with Gasteiger partial charge < -0.3 is 24.9 Å². The van der Waals surface area contributed by atoms with Crippen LogP contribution in [0.3, 0.4) is 0 Å². The summed E-state index contributed by atoms with van der Waals surface area (Å²) in [6.45, 7) is 1.87. The summed E-state index contributed by atoms with van der Waals surface area (Å²) in [4.78, 5) is 51.1. The Morgan fingerprint density at radius 1 is 0.833 bits per heavy atom. The van der Waals surface area contributed by atoms with E-state index in [9.17, 15) is 24.6 Å². The van der Waals surface area contributed by atoms with Crippen LogP contribution in [0.4, 0.5) is 4.79 Å². The lowest BCUT2D eigenvalue weighted by molar-refractivity contribution is 0.0473. The molecule has 0 radical (unpaired) electrons. The predicted octanol–water partition coefficient (Wildman–Crippen LogP) is 2.49. The van der Waals surface area contributed by atoms with Crippen LogP contribution in [-0.4, -0.2) is 97.2 Å². The van der Waals surface area contributed by atoms with E-state index in [1.54, 1.807) is 41.6 Å². The molecule has 10 nitrogen and oxygen atoms in total. The van der Waals surface area contributed by atoms with E-state index in [1.165, 1.54) is 4.90 Å². The summed E-state index contributed by atoms with van der Waals surface area (Å²) in [7, 11) is 0. The van der Waals surface area contributed by atoms with Crippen molar-refractivity contribution in [1.29, 1.82) is 0 Å². The molecule has 1 unspecified atom stereocenters. The molecule has 36 heavy (non-hydrogen) atoms. The fourth-order valence-corrected chi connectivity index (χ4v) is 5.14. The first-order valence-corrected chi connectivity index (χ1v) is 12.6. The van der Waals surface area contributed by atoms with E-state index in [4.69, 9.17) is 0 Å².